The third-order valence-electron chi connectivity index (χ3n) is 6.62. The van der Waals surface area contributed by atoms with Gasteiger partial charge in [-0.05, 0) is 43.2 Å². The van der Waals surface area contributed by atoms with Gasteiger partial charge < -0.3 is 14.4 Å². The second-order valence-corrected chi connectivity index (χ2v) is 9.51. The molecule has 0 radical (unpaired) electrons. The van der Waals surface area contributed by atoms with Gasteiger partial charge >= 0.3 is 5.97 Å². The molecule has 0 saturated carbocycles. The van der Waals surface area contributed by atoms with Crippen molar-refractivity contribution in [3.63, 3.8) is 0 Å². The van der Waals surface area contributed by atoms with Crippen molar-refractivity contribution in [1.82, 2.24) is 19.7 Å². The molecule has 3 aromatic heterocycles. The van der Waals surface area contributed by atoms with E-state index >= 15 is 0 Å². The summed E-state index contributed by atoms with van der Waals surface area (Å²) in [5, 5.41) is 27.0. The van der Waals surface area contributed by atoms with Gasteiger partial charge in [0.05, 0.1) is 29.9 Å². The molecule has 1 aliphatic heterocycles. The zero-order valence-electron chi connectivity index (χ0n) is 19.1. The number of nitrogens with zero attached hydrogens (tertiary/aromatic N) is 4. The molecular formula is C25H24FN5O3. The number of fused-ring (bicyclic) bond motifs is 2. The highest BCUT2D eigenvalue weighted by molar-refractivity contribution is 5.94. The van der Waals surface area contributed by atoms with Gasteiger partial charge in [0.2, 0.25) is 0 Å². The number of aryl methyl sites for hydroxylation is 1. The van der Waals surface area contributed by atoms with Crippen LogP contribution in [0.15, 0.2) is 30.5 Å². The first kappa shape index (κ1) is 22.0. The Kier molecular flexibility index (Phi) is 5.14. The highest BCUT2D eigenvalue weighted by atomic mass is 19.1. The van der Waals surface area contributed by atoms with E-state index in [0.29, 0.717) is 23.1 Å². The summed E-state index contributed by atoms with van der Waals surface area (Å²) in [7, 11) is 0. The first-order valence-corrected chi connectivity index (χ1v) is 11.1. The maximum atomic E-state index is 14.2. The predicted molar refractivity (Wildman–Crippen MR) is 123 cm³/mol. The van der Waals surface area contributed by atoms with Crippen LogP contribution in [0, 0.1) is 24.1 Å². The number of carboxylic acids is 1. The van der Waals surface area contributed by atoms with Gasteiger partial charge in [-0.2, -0.15) is 10.4 Å². The van der Waals surface area contributed by atoms with Crippen LogP contribution in [0.1, 0.15) is 49.4 Å². The van der Waals surface area contributed by atoms with Gasteiger partial charge in [0.15, 0.2) is 11.8 Å². The van der Waals surface area contributed by atoms with Crippen molar-refractivity contribution < 1.29 is 19.0 Å². The predicted octanol–water partition coefficient (Wildman–Crippen LogP) is 4.50. The van der Waals surface area contributed by atoms with Gasteiger partial charge in [0.25, 0.3) is 0 Å². The molecule has 8 nitrogen and oxygen atoms in total. The molecule has 34 heavy (non-hydrogen) atoms. The van der Waals surface area contributed by atoms with Crippen molar-refractivity contribution in [1.29, 1.82) is 5.26 Å². The van der Waals surface area contributed by atoms with Crippen molar-refractivity contribution in [3.8, 4) is 11.8 Å². The molecule has 9 heteroatoms. The number of halogens is 1. The number of hydrogen-bond donors (Lipinski definition) is 2. The number of aromatic amines is 1. The van der Waals surface area contributed by atoms with Crippen LogP contribution >= 0.6 is 0 Å². The first-order valence-electron chi connectivity index (χ1n) is 11.1. The fraction of sp³-hybridized carbons (Fsp3) is 0.360. The third-order valence-corrected chi connectivity index (χ3v) is 6.62. The number of H-pyrrole nitrogens is 1. The summed E-state index contributed by atoms with van der Waals surface area (Å²) >= 11 is 0. The number of ether oxygens (including phenoxy) is 1. The minimum Gasteiger partial charge on any atom is -0.479 e. The quantitative estimate of drug-likeness (QED) is 0.452. The second kappa shape index (κ2) is 7.92. The van der Waals surface area contributed by atoms with E-state index in [1.54, 1.807) is 25.3 Å². The summed E-state index contributed by atoms with van der Waals surface area (Å²) in [5.74, 6) is -1.53. The summed E-state index contributed by atoms with van der Waals surface area (Å²) in [5.41, 5.74) is 4.43. The van der Waals surface area contributed by atoms with Crippen LogP contribution in [0.25, 0.3) is 27.8 Å². The van der Waals surface area contributed by atoms with E-state index in [-0.39, 0.29) is 24.8 Å². The van der Waals surface area contributed by atoms with Crippen LogP contribution in [0.3, 0.4) is 0 Å². The fourth-order valence-electron chi connectivity index (χ4n) is 4.96. The number of hydrogen-bond acceptors (Lipinski definition) is 5. The topological polar surface area (TPSA) is 117 Å². The van der Waals surface area contributed by atoms with Crippen LogP contribution in [0.4, 0.5) is 4.39 Å². The Morgan fingerprint density at radius 2 is 2.21 bits per heavy atom. The molecule has 5 rings (SSSR count). The third kappa shape index (κ3) is 3.42. The van der Waals surface area contributed by atoms with Gasteiger partial charge in [0, 0.05) is 40.1 Å². The molecule has 2 N–H and O–H groups in total. The molecule has 2 atom stereocenters. The number of pyridine rings is 1. The fourth-order valence-corrected chi connectivity index (χ4v) is 4.96. The van der Waals surface area contributed by atoms with Gasteiger partial charge in [-0.25, -0.2) is 14.2 Å². The summed E-state index contributed by atoms with van der Waals surface area (Å²) in [6, 6.07) is 9.17. The molecule has 1 saturated heterocycles. The molecule has 2 unspecified atom stereocenters. The van der Waals surface area contributed by atoms with Crippen LogP contribution in [0.2, 0.25) is 0 Å². The Hall–Kier alpha value is -3.77. The molecule has 4 heterocycles. The molecule has 1 aromatic carbocycles. The number of nitrogens with one attached hydrogen (secondary N) is 1. The van der Waals surface area contributed by atoms with E-state index in [9.17, 15) is 19.6 Å². The number of rotatable bonds is 5. The Bertz CT molecular complexity index is 1480. The Balaban J connectivity index is 1.89. The van der Waals surface area contributed by atoms with Crippen molar-refractivity contribution in [2.75, 3.05) is 6.61 Å². The average Bonchev–Trinajstić information content (AvgIpc) is 3.50. The van der Waals surface area contributed by atoms with Crippen molar-refractivity contribution >= 4 is 28.0 Å². The van der Waals surface area contributed by atoms with Gasteiger partial charge in [-0.15, -0.1) is 0 Å². The molecule has 174 valence electrons. The summed E-state index contributed by atoms with van der Waals surface area (Å²) in [4.78, 5) is 16.5. The summed E-state index contributed by atoms with van der Waals surface area (Å²) in [6.45, 7) is 5.91. The lowest BCUT2D eigenvalue weighted by atomic mass is 9.80. The molecule has 0 bridgehead atoms. The Morgan fingerprint density at radius 3 is 2.88 bits per heavy atom. The van der Waals surface area contributed by atoms with Crippen LogP contribution in [-0.2, 0) is 14.9 Å². The molecule has 0 amide bonds. The van der Waals surface area contributed by atoms with Crippen molar-refractivity contribution in [2.45, 2.75) is 51.0 Å². The molecule has 4 aromatic rings. The van der Waals surface area contributed by atoms with E-state index < -0.39 is 17.5 Å². The monoisotopic (exact) mass is 461 g/mol. The minimum absolute atomic E-state index is 0.228. The van der Waals surface area contributed by atoms with E-state index in [2.05, 4.69) is 16.3 Å². The number of aliphatic carboxylic acids is 1. The van der Waals surface area contributed by atoms with E-state index in [1.165, 1.54) is 6.07 Å². The first-order chi connectivity index (χ1) is 16.2. The van der Waals surface area contributed by atoms with Gasteiger partial charge in [-0.3, -0.25) is 5.10 Å². The zero-order chi connectivity index (χ0) is 24.2. The second-order valence-electron chi connectivity index (χ2n) is 9.51. The van der Waals surface area contributed by atoms with E-state index in [1.807, 2.05) is 24.5 Å². The summed E-state index contributed by atoms with van der Waals surface area (Å²) < 4.78 is 21.8. The summed E-state index contributed by atoms with van der Waals surface area (Å²) in [6.07, 6.45) is 1.31. The van der Waals surface area contributed by atoms with Crippen molar-refractivity contribution in [2.24, 2.45) is 0 Å². The van der Waals surface area contributed by atoms with E-state index in [4.69, 9.17) is 9.72 Å². The molecule has 0 aliphatic carbocycles. The average molecular weight is 461 g/mol. The van der Waals surface area contributed by atoms with Gasteiger partial charge in [0.1, 0.15) is 5.82 Å². The number of carbonyl (C=O) groups is 1. The van der Waals surface area contributed by atoms with Crippen LogP contribution < -0.4 is 0 Å². The van der Waals surface area contributed by atoms with Crippen molar-refractivity contribution in [3.05, 3.63) is 53.1 Å². The Labute approximate surface area is 195 Å². The highest BCUT2D eigenvalue weighted by Crippen LogP contribution is 2.45. The SMILES string of the molecule is Cc1cc(-n2c(C(C)(C)CC#N)c(C3COC(C(=O)O)C3)c3nc4[nH]ncc4cc32)ccc1F. The number of carboxylic acid groups (broad SMARTS) is 1. The molecular weight excluding hydrogens is 437 g/mol. The highest BCUT2D eigenvalue weighted by Gasteiger charge is 2.40. The molecule has 1 fully saturated rings. The largest absolute Gasteiger partial charge is 0.479 e. The van der Waals surface area contributed by atoms with Crippen LogP contribution in [-0.4, -0.2) is 43.5 Å². The minimum atomic E-state index is -0.998. The normalized spacial score (nSPS) is 18.6. The zero-order valence-corrected chi connectivity index (χ0v) is 19.1. The lowest BCUT2D eigenvalue weighted by molar-refractivity contribution is -0.147. The maximum Gasteiger partial charge on any atom is 0.332 e. The molecule has 1 aliphatic rings. The lowest BCUT2D eigenvalue weighted by Gasteiger charge is -2.27. The lowest BCUT2D eigenvalue weighted by Crippen LogP contribution is -2.24. The number of benzene rings is 1. The number of nitriles is 1. The molecule has 0 spiro atoms. The maximum absolute atomic E-state index is 14.2. The van der Waals surface area contributed by atoms with Crippen LogP contribution in [0.5, 0.6) is 0 Å². The standard InChI is InChI=1S/C25H24FN5O3/c1-13-8-16(4-5-17(13)26)31-18-9-14-11-28-30-23(14)29-21(18)20(22(31)25(2,3)6-7-27)15-10-19(24(32)33)34-12-15/h4-5,8-9,11,15,19H,6,10,12H2,1-3H3,(H,32,33)(H,28,29,30). The Morgan fingerprint density at radius 1 is 1.41 bits per heavy atom. The smallest absolute Gasteiger partial charge is 0.332 e. The number of aromatic nitrogens is 4. The van der Waals surface area contributed by atoms with E-state index in [0.717, 1.165) is 27.8 Å². The van der Waals surface area contributed by atoms with Gasteiger partial charge in [-0.1, -0.05) is 13.8 Å².